The van der Waals surface area contributed by atoms with Crippen molar-refractivity contribution in [3.8, 4) is 0 Å². The number of amides is 2. The van der Waals surface area contributed by atoms with E-state index >= 15 is 0 Å². The number of ether oxygens (including phenoxy) is 1. The number of nitrogens with zero attached hydrogens (tertiary/aromatic N) is 1. The molecule has 0 radical (unpaired) electrons. The van der Waals surface area contributed by atoms with Crippen LogP contribution in [0.1, 0.15) is 51.5 Å². The van der Waals surface area contributed by atoms with E-state index in [1.807, 2.05) is 13.8 Å². The first-order valence-corrected chi connectivity index (χ1v) is 9.72. The van der Waals surface area contributed by atoms with Crippen molar-refractivity contribution in [1.29, 1.82) is 0 Å². The molecule has 1 saturated heterocycles. The van der Waals surface area contributed by atoms with Gasteiger partial charge in [0.25, 0.3) is 5.91 Å². The van der Waals surface area contributed by atoms with Gasteiger partial charge in [-0.3, -0.25) is 9.59 Å². The molecule has 27 heavy (non-hydrogen) atoms. The summed E-state index contributed by atoms with van der Waals surface area (Å²) in [6, 6.07) is 6.22. The molecule has 6 heteroatoms. The summed E-state index contributed by atoms with van der Waals surface area (Å²) in [5, 5.41) is 2.91. The second kappa shape index (κ2) is 8.55. The van der Waals surface area contributed by atoms with Gasteiger partial charge in [0.2, 0.25) is 5.91 Å². The second-order valence-corrected chi connectivity index (χ2v) is 7.35. The number of halogens is 1. The zero-order chi connectivity index (χ0) is 19.4. The van der Waals surface area contributed by atoms with Crippen LogP contribution in [0.4, 0.5) is 4.39 Å². The fourth-order valence-electron chi connectivity index (χ4n) is 3.67. The summed E-state index contributed by atoms with van der Waals surface area (Å²) in [5.74, 6) is -0.817. The van der Waals surface area contributed by atoms with Gasteiger partial charge in [-0.1, -0.05) is 31.5 Å². The topological polar surface area (TPSA) is 58.6 Å². The smallest absolute Gasteiger partial charge is 0.289 e. The summed E-state index contributed by atoms with van der Waals surface area (Å²) in [5.41, 5.74) is 0.305. The van der Waals surface area contributed by atoms with Crippen molar-refractivity contribution < 1.29 is 18.7 Å². The quantitative estimate of drug-likeness (QED) is 0.805. The molecule has 2 amide bonds. The molecule has 0 bridgehead atoms. The Morgan fingerprint density at radius 1 is 1.37 bits per heavy atom. The second-order valence-electron chi connectivity index (χ2n) is 7.35. The number of carbonyl (C=O) groups excluding carboxylic acids is 2. The molecule has 1 aromatic rings. The molecule has 0 aromatic heterocycles. The lowest BCUT2D eigenvalue weighted by Gasteiger charge is -2.44. The number of hydrogen-bond acceptors (Lipinski definition) is 3. The van der Waals surface area contributed by atoms with Gasteiger partial charge in [-0.15, -0.1) is 0 Å². The van der Waals surface area contributed by atoms with Gasteiger partial charge in [-0.2, -0.15) is 0 Å². The fraction of sp³-hybridized carbons (Fsp3) is 0.524. The van der Waals surface area contributed by atoms with Crippen LogP contribution >= 0.6 is 0 Å². The maximum Gasteiger partial charge on any atom is 0.289 e. The van der Waals surface area contributed by atoms with Crippen molar-refractivity contribution in [1.82, 2.24) is 10.2 Å². The van der Waals surface area contributed by atoms with Crippen LogP contribution in [0, 0.1) is 5.82 Å². The first-order valence-electron chi connectivity index (χ1n) is 9.72. The van der Waals surface area contributed by atoms with Crippen LogP contribution in [-0.2, 0) is 14.3 Å². The number of carbonyl (C=O) groups is 2. The molecule has 1 aliphatic heterocycles. The largest absolute Gasteiger partial charge is 0.482 e. The van der Waals surface area contributed by atoms with E-state index in [4.69, 9.17) is 4.74 Å². The van der Waals surface area contributed by atoms with Crippen molar-refractivity contribution >= 4 is 17.9 Å². The zero-order valence-corrected chi connectivity index (χ0v) is 15.9. The van der Waals surface area contributed by atoms with E-state index in [1.54, 1.807) is 23.1 Å². The van der Waals surface area contributed by atoms with Crippen LogP contribution in [0.5, 0.6) is 0 Å². The number of benzene rings is 1. The molecule has 146 valence electrons. The highest BCUT2D eigenvalue weighted by Crippen LogP contribution is 2.33. The molecule has 2 fully saturated rings. The van der Waals surface area contributed by atoms with Gasteiger partial charge in [0.05, 0.1) is 6.04 Å². The van der Waals surface area contributed by atoms with Crippen LogP contribution < -0.4 is 5.32 Å². The minimum Gasteiger partial charge on any atom is -0.482 e. The first kappa shape index (κ1) is 19.4. The molecule has 1 aromatic carbocycles. The third-order valence-electron chi connectivity index (χ3n) is 5.34. The van der Waals surface area contributed by atoms with Gasteiger partial charge in [-0.25, -0.2) is 4.39 Å². The Hall–Kier alpha value is -2.37. The zero-order valence-electron chi connectivity index (χ0n) is 15.9. The van der Waals surface area contributed by atoms with E-state index in [1.165, 1.54) is 12.1 Å². The highest BCUT2D eigenvalue weighted by Gasteiger charge is 2.42. The molecule has 1 saturated carbocycles. The molecule has 3 unspecified atom stereocenters. The van der Waals surface area contributed by atoms with Crippen molar-refractivity contribution in [3.63, 3.8) is 0 Å². The average molecular weight is 374 g/mol. The van der Waals surface area contributed by atoms with Crippen molar-refractivity contribution in [2.45, 2.75) is 64.1 Å². The monoisotopic (exact) mass is 374 g/mol. The minimum atomic E-state index is -0.409. The average Bonchev–Trinajstić information content (AvgIpc) is 2.66. The van der Waals surface area contributed by atoms with Gasteiger partial charge < -0.3 is 15.0 Å². The van der Waals surface area contributed by atoms with E-state index in [0.29, 0.717) is 5.56 Å². The Morgan fingerprint density at radius 3 is 2.85 bits per heavy atom. The SMILES string of the molecule is CCC(C)NC(=O)CN1C(=O)/C(=C/c2ccccc2F)OC2CCCCC21. The number of fused-ring (bicyclic) bond motifs is 1. The van der Waals surface area contributed by atoms with E-state index in [9.17, 15) is 14.0 Å². The fourth-order valence-corrected chi connectivity index (χ4v) is 3.67. The molecule has 5 nitrogen and oxygen atoms in total. The lowest BCUT2D eigenvalue weighted by molar-refractivity contribution is -0.152. The number of morpholine rings is 1. The summed E-state index contributed by atoms with van der Waals surface area (Å²) in [6.07, 6.45) is 5.81. The Morgan fingerprint density at radius 2 is 2.11 bits per heavy atom. The summed E-state index contributed by atoms with van der Waals surface area (Å²) < 4.78 is 20.0. The van der Waals surface area contributed by atoms with Crippen LogP contribution in [0.25, 0.3) is 6.08 Å². The van der Waals surface area contributed by atoms with Crippen LogP contribution in [0.15, 0.2) is 30.0 Å². The maximum atomic E-state index is 14.0. The summed E-state index contributed by atoms with van der Waals surface area (Å²) >= 11 is 0. The van der Waals surface area contributed by atoms with Crippen LogP contribution in [-0.4, -0.2) is 41.4 Å². The predicted octanol–water partition coefficient (Wildman–Crippen LogP) is 3.25. The molecule has 0 spiro atoms. The van der Waals surface area contributed by atoms with E-state index in [2.05, 4.69) is 5.32 Å². The summed E-state index contributed by atoms with van der Waals surface area (Å²) in [6.45, 7) is 3.94. The van der Waals surface area contributed by atoms with E-state index in [-0.39, 0.29) is 42.3 Å². The minimum absolute atomic E-state index is 0.00229. The van der Waals surface area contributed by atoms with Crippen LogP contribution in [0.2, 0.25) is 0 Å². The Kier molecular flexibility index (Phi) is 6.14. The summed E-state index contributed by atoms with van der Waals surface area (Å²) in [4.78, 5) is 27.0. The molecule has 2 aliphatic rings. The molecule has 1 N–H and O–H groups in total. The standard InChI is InChI=1S/C21H27FN2O3/c1-3-14(2)23-20(25)13-24-17-10-6-7-11-18(17)27-19(21(24)26)12-15-8-4-5-9-16(15)22/h4-5,8-9,12,14,17-18H,3,6-7,10-11,13H2,1-2H3,(H,23,25)/b19-12-. The lowest BCUT2D eigenvalue weighted by Crippen LogP contribution is -2.57. The Bertz CT molecular complexity index is 734. The highest BCUT2D eigenvalue weighted by molar-refractivity contribution is 5.98. The Labute approximate surface area is 159 Å². The van der Waals surface area contributed by atoms with E-state index in [0.717, 1.165) is 32.1 Å². The first-order chi connectivity index (χ1) is 13.0. The van der Waals surface area contributed by atoms with Crippen LogP contribution in [0.3, 0.4) is 0 Å². The molecule has 1 heterocycles. The molecular formula is C21H27FN2O3. The van der Waals surface area contributed by atoms with Crippen molar-refractivity contribution in [2.24, 2.45) is 0 Å². The van der Waals surface area contributed by atoms with Gasteiger partial charge in [0.15, 0.2) is 5.76 Å². The number of rotatable bonds is 5. The molecular weight excluding hydrogens is 347 g/mol. The van der Waals surface area contributed by atoms with Gasteiger partial charge in [-0.05, 0) is 44.7 Å². The normalized spacial score (nSPS) is 24.9. The molecule has 1 aliphatic carbocycles. The number of hydrogen-bond donors (Lipinski definition) is 1. The van der Waals surface area contributed by atoms with Crippen molar-refractivity contribution in [3.05, 3.63) is 41.4 Å². The molecule has 3 rings (SSSR count). The maximum absolute atomic E-state index is 14.0. The molecule has 3 atom stereocenters. The number of nitrogens with one attached hydrogen (secondary N) is 1. The third-order valence-corrected chi connectivity index (χ3v) is 5.34. The van der Waals surface area contributed by atoms with Gasteiger partial charge >= 0.3 is 0 Å². The third kappa shape index (κ3) is 4.49. The van der Waals surface area contributed by atoms with Crippen molar-refractivity contribution in [2.75, 3.05) is 6.54 Å². The lowest BCUT2D eigenvalue weighted by atomic mass is 9.89. The summed E-state index contributed by atoms with van der Waals surface area (Å²) in [7, 11) is 0. The highest BCUT2D eigenvalue weighted by atomic mass is 19.1. The van der Waals surface area contributed by atoms with Gasteiger partial charge in [0.1, 0.15) is 18.5 Å². The Balaban J connectivity index is 1.84. The predicted molar refractivity (Wildman–Crippen MR) is 101 cm³/mol. The van der Waals surface area contributed by atoms with Gasteiger partial charge in [0, 0.05) is 11.6 Å². The van der Waals surface area contributed by atoms with E-state index < -0.39 is 5.82 Å².